The second-order valence-electron chi connectivity index (χ2n) is 6.68. The average molecular weight is 290 g/mol. The normalized spacial score (nSPS) is 16.5. The second-order valence-corrected chi connectivity index (χ2v) is 6.68. The van der Waals surface area contributed by atoms with Crippen molar-refractivity contribution < 1.29 is 4.74 Å². The van der Waals surface area contributed by atoms with Gasteiger partial charge in [0.1, 0.15) is 5.75 Å². The Morgan fingerprint density at radius 2 is 2.00 bits per heavy atom. The van der Waals surface area contributed by atoms with E-state index in [1.165, 1.54) is 17.7 Å². The van der Waals surface area contributed by atoms with Crippen molar-refractivity contribution in [3.05, 3.63) is 23.8 Å². The fourth-order valence-corrected chi connectivity index (χ4v) is 2.81. The predicted molar refractivity (Wildman–Crippen MR) is 90.2 cm³/mol. The molecule has 1 aliphatic heterocycles. The molecule has 1 aliphatic rings. The Labute approximate surface area is 129 Å². The molecule has 1 saturated heterocycles. The summed E-state index contributed by atoms with van der Waals surface area (Å²) in [5.74, 6) is 1.77. The van der Waals surface area contributed by atoms with E-state index in [-0.39, 0.29) is 0 Å². The van der Waals surface area contributed by atoms with Crippen molar-refractivity contribution in [1.29, 1.82) is 0 Å². The Hall–Kier alpha value is -1.22. The maximum Gasteiger partial charge on any atom is 0.142 e. The van der Waals surface area contributed by atoms with Crippen molar-refractivity contribution in [3.8, 4) is 5.75 Å². The van der Waals surface area contributed by atoms with Crippen molar-refractivity contribution in [1.82, 2.24) is 0 Å². The summed E-state index contributed by atoms with van der Waals surface area (Å²) in [5.41, 5.74) is 8.54. The van der Waals surface area contributed by atoms with Gasteiger partial charge >= 0.3 is 0 Å². The molecule has 0 aliphatic carbocycles. The average Bonchev–Trinajstić information content (AvgIpc) is 2.45. The highest BCUT2D eigenvalue weighted by Crippen LogP contribution is 2.31. The molecule has 1 aromatic rings. The third kappa shape index (κ3) is 4.92. The molecule has 0 spiro atoms. The van der Waals surface area contributed by atoms with Gasteiger partial charge in [0, 0.05) is 19.1 Å². The molecule has 0 saturated carbocycles. The van der Waals surface area contributed by atoms with Crippen LogP contribution >= 0.6 is 0 Å². The number of hydrogen-bond acceptors (Lipinski definition) is 3. The zero-order valence-electron chi connectivity index (χ0n) is 13.8. The van der Waals surface area contributed by atoms with Gasteiger partial charge in [-0.15, -0.1) is 0 Å². The van der Waals surface area contributed by atoms with Crippen LogP contribution in [-0.2, 0) is 0 Å². The fraction of sp³-hybridized carbons (Fsp3) is 0.667. The number of hydrogen-bond donors (Lipinski definition) is 1. The Kier molecular flexibility index (Phi) is 5.92. The summed E-state index contributed by atoms with van der Waals surface area (Å²) in [6.45, 7) is 9.53. The van der Waals surface area contributed by atoms with Crippen LogP contribution in [0.15, 0.2) is 18.2 Å². The molecule has 0 amide bonds. The Bertz CT molecular complexity index is 437. The number of nitrogens with zero attached hydrogens (tertiary/aromatic N) is 1. The molecule has 1 aromatic carbocycles. The summed E-state index contributed by atoms with van der Waals surface area (Å²) in [5, 5.41) is 0. The topological polar surface area (TPSA) is 38.5 Å². The summed E-state index contributed by atoms with van der Waals surface area (Å²) in [6, 6.07) is 6.86. The van der Waals surface area contributed by atoms with Crippen LogP contribution in [0.25, 0.3) is 0 Å². The van der Waals surface area contributed by atoms with Crippen LogP contribution in [0.3, 0.4) is 0 Å². The van der Waals surface area contributed by atoms with E-state index in [9.17, 15) is 0 Å². The van der Waals surface area contributed by atoms with Gasteiger partial charge in [-0.25, -0.2) is 0 Å². The maximum atomic E-state index is 6.05. The standard InChI is InChI=1S/C18H30N2O/c1-14(2)5-4-12-21-18-7-6-15(3)13-17(18)20-10-8-16(19)9-11-20/h6-7,13-14,16H,4-5,8-12,19H2,1-3H3. The highest BCUT2D eigenvalue weighted by molar-refractivity contribution is 5.60. The maximum absolute atomic E-state index is 6.05. The molecule has 3 nitrogen and oxygen atoms in total. The van der Waals surface area contributed by atoms with E-state index >= 15 is 0 Å². The lowest BCUT2D eigenvalue weighted by Crippen LogP contribution is -2.39. The minimum absolute atomic E-state index is 0.362. The first-order chi connectivity index (χ1) is 10.1. The van der Waals surface area contributed by atoms with Crippen LogP contribution in [0.5, 0.6) is 5.75 Å². The number of anilines is 1. The molecule has 21 heavy (non-hydrogen) atoms. The van der Waals surface area contributed by atoms with Crippen LogP contribution in [-0.4, -0.2) is 25.7 Å². The number of piperidine rings is 1. The van der Waals surface area contributed by atoms with Crippen LogP contribution in [0, 0.1) is 12.8 Å². The van der Waals surface area contributed by atoms with Gasteiger partial charge in [-0.2, -0.15) is 0 Å². The first-order valence-corrected chi connectivity index (χ1v) is 8.30. The zero-order chi connectivity index (χ0) is 15.2. The summed E-state index contributed by atoms with van der Waals surface area (Å²) >= 11 is 0. The van der Waals surface area contributed by atoms with Gasteiger partial charge in [0.2, 0.25) is 0 Å². The number of ether oxygens (including phenoxy) is 1. The lowest BCUT2D eigenvalue weighted by Gasteiger charge is -2.33. The number of nitrogens with two attached hydrogens (primary N) is 1. The van der Waals surface area contributed by atoms with Crippen LogP contribution in [0.4, 0.5) is 5.69 Å². The monoisotopic (exact) mass is 290 g/mol. The summed E-state index contributed by atoms with van der Waals surface area (Å²) in [7, 11) is 0. The molecular weight excluding hydrogens is 260 g/mol. The SMILES string of the molecule is Cc1ccc(OCCCC(C)C)c(N2CCC(N)CC2)c1. The molecule has 0 bridgehead atoms. The van der Waals surface area contributed by atoms with E-state index in [4.69, 9.17) is 10.5 Å². The predicted octanol–water partition coefficient (Wildman–Crippen LogP) is 3.74. The van der Waals surface area contributed by atoms with Gasteiger partial charge in [-0.1, -0.05) is 19.9 Å². The van der Waals surface area contributed by atoms with Crippen molar-refractivity contribution in [3.63, 3.8) is 0 Å². The largest absolute Gasteiger partial charge is 0.491 e. The van der Waals surface area contributed by atoms with E-state index in [1.807, 2.05) is 0 Å². The Morgan fingerprint density at radius 3 is 2.67 bits per heavy atom. The second kappa shape index (κ2) is 7.69. The van der Waals surface area contributed by atoms with Gasteiger partial charge in [0.05, 0.1) is 12.3 Å². The molecule has 0 unspecified atom stereocenters. The number of benzene rings is 1. The zero-order valence-corrected chi connectivity index (χ0v) is 13.8. The number of aryl methyl sites for hydroxylation is 1. The van der Waals surface area contributed by atoms with Gasteiger partial charge in [-0.05, 0) is 56.2 Å². The van der Waals surface area contributed by atoms with Crippen LogP contribution < -0.4 is 15.4 Å². The minimum atomic E-state index is 0.362. The van der Waals surface area contributed by atoms with Gasteiger partial charge in [0.25, 0.3) is 0 Å². The van der Waals surface area contributed by atoms with E-state index in [0.717, 1.165) is 50.6 Å². The number of rotatable bonds is 6. The van der Waals surface area contributed by atoms with E-state index in [2.05, 4.69) is 43.9 Å². The smallest absolute Gasteiger partial charge is 0.142 e. The van der Waals surface area contributed by atoms with Crippen molar-refractivity contribution in [2.24, 2.45) is 11.7 Å². The Morgan fingerprint density at radius 1 is 1.29 bits per heavy atom. The van der Waals surface area contributed by atoms with E-state index in [1.54, 1.807) is 0 Å². The molecule has 3 heteroatoms. The minimum Gasteiger partial charge on any atom is -0.491 e. The lowest BCUT2D eigenvalue weighted by molar-refractivity contribution is 0.297. The molecule has 0 atom stereocenters. The van der Waals surface area contributed by atoms with Crippen molar-refractivity contribution in [2.75, 3.05) is 24.6 Å². The lowest BCUT2D eigenvalue weighted by atomic mass is 10.0. The first kappa shape index (κ1) is 16.2. The molecular formula is C18H30N2O. The molecule has 118 valence electrons. The fourth-order valence-electron chi connectivity index (χ4n) is 2.81. The molecule has 0 aromatic heterocycles. The molecule has 2 N–H and O–H groups in total. The first-order valence-electron chi connectivity index (χ1n) is 8.30. The molecule has 2 rings (SSSR count). The van der Waals surface area contributed by atoms with Gasteiger partial charge in [0.15, 0.2) is 0 Å². The molecule has 0 radical (unpaired) electrons. The quantitative estimate of drug-likeness (QED) is 0.811. The van der Waals surface area contributed by atoms with E-state index < -0.39 is 0 Å². The van der Waals surface area contributed by atoms with Crippen molar-refractivity contribution >= 4 is 5.69 Å². The summed E-state index contributed by atoms with van der Waals surface area (Å²) < 4.78 is 6.05. The van der Waals surface area contributed by atoms with Crippen LogP contribution in [0.2, 0.25) is 0 Å². The third-order valence-corrected chi connectivity index (χ3v) is 4.18. The van der Waals surface area contributed by atoms with Crippen LogP contribution in [0.1, 0.15) is 45.1 Å². The Balaban J connectivity index is 2.00. The van der Waals surface area contributed by atoms with Gasteiger partial charge in [-0.3, -0.25) is 0 Å². The highest BCUT2D eigenvalue weighted by Gasteiger charge is 2.19. The summed E-state index contributed by atoms with van der Waals surface area (Å²) in [6.07, 6.45) is 4.48. The molecule has 1 fully saturated rings. The van der Waals surface area contributed by atoms with Gasteiger partial charge < -0.3 is 15.4 Å². The van der Waals surface area contributed by atoms with Crippen molar-refractivity contribution in [2.45, 2.75) is 52.5 Å². The third-order valence-electron chi connectivity index (χ3n) is 4.18. The molecule has 1 heterocycles. The van der Waals surface area contributed by atoms with E-state index in [0.29, 0.717) is 6.04 Å². The highest BCUT2D eigenvalue weighted by atomic mass is 16.5. The summed E-state index contributed by atoms with van der Waals surface area (Å²) in [4.78, 5) is 2.42.